The van der Waals surface area contributed by atoms with Crippen LogP contribution in [-0.2, 0) is 10.1 Å². The predicted molar refractivity (Wildman–Crippen MR) is 74.5 cm³/mol. The molecule has 6 nitrogen and oxygen atoms in total. The van der Waals surface area contributed by atoms with Crippen molar-refractivity contribution in [1.29, 1.82) is 0 Å². The molecule has 114 valence electrons. The Morgan fingerprint density at radius 3 is 2.05 bits per heavy atom. The monoisotopic (exact) mass is 304 g/mol. The first-order valence-electron chi connectivity index (χ1n) is 6.15. The fourth-order valence-electron chi connectivity index (χ4n) is 2.30. The van der Waals surface area contributed by atoms with E-state index in [1.807, 2.05) is 13.8 Å². The summed E-state index contributed by atoms with van der Waals surface area (Å²) in [5.74, 6) is -0.752. The SMILES string of the molecule is CCC(C)c1c(C)c(OC)c(O)c(OC)c1S(=O)(=O)O. The van der Waals surface area contributed by atoms with E-state index in [2.05, 4.69) is 0 Å². The van der Waals surface area contributed by atoms with E-state index in [-0.39, 0.29) is 17.4 Å². The molecule has 20 heavy (non-hydrogen) atoms. The average Bonchev–Trinajstić information content (AvgIpc) is 2.36. The van der Waals surface area contributed by atoms with Crippen molar-refractivity contribution in [3.05, 3.63) is 11.1 Å². The third kappa shape index (κ3) is 2.69. The molecule has 0 aromatic heterocycles. The molecular weight excluding hydrogens is 284 g/mol. The maximum Gasteiger partial charge on any atom is 0.298 e. The van der Waals surface area contributed by atoms with Gasteiger partial charge in [0.1, 0.15) is 4.90 Å². The van der Waals surface area contributed by atoms with Crippen molar-refractivity contribution in [2.45, 2.75) is 38.0 Å². The molecule has 1 aromatic rings. The molecule has 1 unspecified atom stereocenters. The molecule has 0 radical (unpaired) electrons. The Balaban J connectivity index is 3.97. The second kappa shape index (κ2) is 5.88. The lowest BCUT2D eigenvalue weighted by Crippen LogP contribution is -2.11. The highest BCUT2D eigenvalue weighted by atomic mass is 32.2. The van der Waals surface area contributed by atoms with Crippen molar-refractivity contribution >= 4 is 10.1 Å². The van der Waals surface area contributed by atoms with E-state index in [0.29, 0.717) is 17.5 Å². The smallest absolute Gasteiger partial charge is 0.298 e. The molecule has 0 fully saturated rings. The minimum Gasteiger partial charge on any atom is -0.502 e. The quantitative estimate of drug-likeness (QED) is 0.812. The van der Waals surface area contributed by atoms with Crippen LogP contribution in [0.3, 0.4) is 0 Å². The summed E-state index contributed by atoms with van der Waals surface area (Å²) in [6.45, 7) is 5.35. The summed E-state index contributed by atoms with van der Waals surface area (Å²) in [5.41, 5.74) is 0.856. The predicted octanol–water partition coefficient (Wildman–Crippen LogP) is 2.48. The van der Waals surface area contributed by atoms with Gasteiger partial charge in [-0.2, -0.15) is 8.42 Å². The van der Waals surface area contributed by atoms with Gasteiger partial charge in [-0.05, 0) is 24.8 Å². The molecule has 0 bridgehead atoms. The Kier molecular flexibility index (Phi) is 4.88. The summed E-state index contributed by atoms with van der Waals surface area (Å²) >= 11 is 0. The minimum atomic E-state index is -4.54. The average molecular weight is 304 g/mol. The van der Waals surface area contributed by atoms with Crippen LogP contribution >= 0.6 is 0 Å². The number of hydrogen-bond acceptors (Lipinski definition) is 5. The molecule has 0 saturated carbocycles. The molecule has 0 spiro atoms. The van der Waals surface area contributed by atoms with E-state index >= 15 is 0 Å². The second-order valence-corrected chi connectivity index (χ2v) is 5.93. The maximum atomic E-state index is 11.7. The first-order valence-corrected chi connectivity index (χ1v) is 7.59. The van der Waals surface area contributed by atoms with Gasteiger partial charge in [0.25, 0.3) is 10.1 Å². The first kappa shape index (κ1) is 16.6. The fourth-order valence-corrected chi connectivity index (χ4v) is 3.34. The Bertz CT molecular complexity index is 606. The molecule has 7 heteroatoms. The summed E-state index contributed by atoms with van der Waals surface area (Å²) in [5, 5.41) is 10.1. The van der Waals surface area contributed by atoms with Crippen LogP contribution in [0, 0.1) is 6.92 Å². The van der Waals surface area contributed by atoms with Crippen molar-refractivity contribution in [3.8, 4) is 17.2 Å². The van der Waals surface area contributed by atoms with Crippen molar-refractivity contribution in [2.75, 3.05) is 14.2 Å². The van der Waals surface area contributed by atoms with Crippen LogP contribution in [-0.4, -0.2) is 32.3 Å². The second-order valence-electron chi connectivity index (χ2n) is 4.57. The fraction of sp³-hybridized carbons (Fsp3) is 0.538. The summed E-state index contributed by atoms with van der Waals surface area (Å²) in [7, 11) is -1.95. The van der Waals surface area contributed by atoms with Crippen LogP contribution < -0.4 is 9.47 Å². The molecule has 2 N–H and O–H groups in total. The van der Waals surface area contributed by atoms with Crippen LogP contribution in [0.1, 0.15) is 37.3 Å². The lowest BCUT2D eigenvalue weighted by atomic mass is 9.93. The number of ether oxygens (including phenoxy) is 2. The molecule has 1 rings (SSSR count). The standard InChI is InChI=1S/C13H20O6S/c1-6-7(2)9-8(3)11(18-4)10(14)12(19-5)13(9)20(15,16)17/h7,14H,6H2,1-5H3,(H,15,16,17). The number of hydrogen-bond donors (Lipinski definition) is 2. The zero-order chi connectivity index (χ0) is 15.7. The Labute approximate surface area is 119 Å². The highest BCUT2D eigenvalue weighted by Gasteiger charge is 2.32. The molecule has 1 atom stereocenters. The van der Waals surface area contributed by atoms with Gasteiger partial charge in [0.2, 0.25) is 5.75 Å². The van der Waals surface area contributed by atoms with Crippen molar-refractivity contribution in [3.63, 3.8) is 0 Å². The van der Waals surface area contributed by atoms with Crippen molar-refractivity contribution in [1.82, 2.24) is 0 Å². The molecule has 0 amide bonds. The van der Waals surface area contributed by atoms with Gasteiger partial charge in [-0.15, -0.1) is 0 Å². The van der Waals surface area contributed by atoms with E-state index in [0.717, 1.165) is 0 Å². The number of phenols is 1. The number of benzene rings is 1. The van der Waals surface area contributed by atoms with Gasteiger partial charge in [0.15, 0.2) is 11.5 Å². The number of rotatable bonds is 5. The molecule has 0 aliphatic heterocycles. The zero-order valence-corrected chi connectivity index (χ0v) is 13.0. The van der Waals surface area contributed by atoms with E-state index in [1.165, 1.54) is 14.2 Å². The molecule has 0 heterocycles. The van der Waals surface area contributed by atoms with E-state index < -0.39 is 20.8 Å². The first-order chi connectivity index (χ1) is 9.20. The lowest BCUT2D eigenvalue weighted by molar-refractivity contribution is 0.327. The Morgan fingerprint density at radius 2 is 1.70 bits per heavy atom. The Hall–Kier alpha value is -1.47. The van der Waals surface area contributed by atoms with E-state index in [9.17, 15) is 18.1 Å². The van der Waals surface area contributed by atoms with E-state index in [4.69, 9.17) is 9.47 Å². The van der Waals surface area contributed by atoms with Gasteiger partial charge in [-0.3, -0.25) is 4.55 Å². The van der Waals surface area contributed by atoms with Gasteiger partial charge in [0.05, 0.1) is 14.2 Å². The summed E-state index contributed by atoms with van der Waals surface area (Å²) in [6, 6.07) is 0. The highest BCUT2D eigenvalue weighted by molar-refractivity contribution is 7.86. The molecule has 0 aliphatic rings. The third-order valence-electron chi connectivity index (χ3n) is 3.40. The topological polar surface area (TPSA) is 93.1 Å². The summed E-state index contributed by atoms with van der Waals surface area (Å²) in [4.78, 5) is -0.398. The van der Waals surface area contributed by atoms with Gasteiger partial charge in [-0.25, -0.2) is 0 Å². The number of aromatic hydroxyl groups is 1. The maximum absolute atomic E-state index is 11.7. The zero-order valence-electron chi connectivity index (χ0n) is 12.2. The molecular formula is C13H20O6S. The largest absolute Gasteiger partial charge is 0.502 e. The highest BCUT2D eigenvalue weighted by Crippen LogP contribution is 2.48. The van der Waals surface area contributed by atoms with Crippen LogP contribution in [0.25, 0.3) is 0 Å². The third-order valence-corrected chi connectivity index (χ3v) is 4.32. The lowest BCUT2D eigenvalue weighted by Gasteiger charge is -2.22. The van der Waals surface area contributed by atoms with E-state index in [1.54, 1.807) is 6.92 Å². The summed E-state index contributed by atoms with van der Waals surface area (Å²) in [6.07, 6.45) is 0.653. The van der Waals surface area contributed by atoms with Crippen LogP contribution in [0.15, 0.2) is 4.90 Å². The van der Waals surface area contributed by atoms with Crippen LogP contribution in [0.5, 0.6) is 17.2 Å². The molecule has 0 aliphatic carbocycles. The van der Waals surface area contributed by atoms with Crippen LogP contribution in [0.2, 0.25) is 0 Å². The molecule has 1 aromatic carbocycles. The van der Waals surface area contributed by atoms with Gasteiger partial charge >= 0.3 is 0 Å². The van der Waals surface area contributed by atoms with Gasteiger partial charge in [0, 0.05) is 5.56 Å². The number of methoxy groups -OCH3 is 2. The molecule has 0 saturated heterocycles. The summed E-state index contributed by atoms with van der Waals surface area (Å²) < 4.78 is 42.9. The van der Waals surface area contributed by atoms with Crippen LogP contribution in [0.4, 0.5) is 0 Å². The normalized spacial score (nSPS) is 13.1. The minimum absolute atomic E-state index is 0.143. The Morgan fingerprint density at radius 1 is 1.20 bits per heavy atom. The van der Waals surface area contributed by atoms with Crippen molar-refractivity contribution in [2.24, 2.45) is 0 Å². The number of phenolic OH excluding ortho intramolecular Hbond substituents is 1. The van der Waals surface area contributed by atoms with Gasteiger partial charge in [-0.1, -0.05) is 13.8 Å². The van der Waals surface area contributed by atoms with Gasteiger partial charge < -0.3 is 14.6 Å². The van der Waals surface area contributed by atoms with Crippen molar-refractivity contribution < 1.29 is 27.6 Å².